The maximum absolute atomic E-state index is 11.2. The van der Waals surface area contributed by atoms with E-state index in [-0.39, 0.29) is 36.3 Å². The van der Waals surface area contributed by atoms with Gasteiger partial charge >= 0.3 is 0 Å². The normalized spacial score (nSPS) is 18.4. The lowest BCUT2D eigenvalue weighted by molar-refractivity contribution is -0.121. The van der Waals surface area contributed by atoms with E-state index in [9.17, 15) is 4.79 Å². The molecule has 5 nitrogen and oxygen atoms in total. The van der Waals surface area contributed by atoms with Crippen LogP contribution in [0.15, 0.2) is 0 Å². The summed E-state index contributed by atoms with van der Waals surface area (Å²) in [5, 5.41) is 2.86. The fourth-order valence-corrected chi connectivity index (χ4v) is 1.88. The number of carbonyl (C=O) groups is 1. The summed E-state index contributed by atoms with van der Waals surface area (Å²) in [6.45, 7) is 8.78. The largest absolute Gasteiger partial charge is 0.373 e. The number of carbonyl (C=O) groups excluding carboxylic acids is 1. The highest BCUT2D eigenvalue weighted by molar-refractivity contribution is 5.85. The smallest absolute Gasteiger partial charge is 0.221 e. The minimum Gasteiger partial charge on any atom is -0.373 e. The Hall–Kier alpha value is -0.0700. The number of hydrogen-bond donors (Lipinski definition) is 2. The van der Waals surface area contributed by atoms with Gasteiger partial charge in [0, 0.05) is 39.1 Å². The standard InChI is InChI=1S/C11H23N3O2.2ClH/c1-11(2)9-14(7-8-16-11)6-5-13-10(15)3-4-12;;/h3-9,12H2,1-2H3,(H,13,15);2*1H. The summed E-state index contributed by atoms with van der Waals surface area (Å²) in [6.07, 6.45) is 0.411. The molecule has 0 aromatic rings. The molecule has 0 aliphatic carbocycles. The summed E-state index contributed by atoms with van der Waals surface area (Å²) in [5.74, 6) is 0.0371. The van der Waals surface area contributed by atoms with Crippen LogP contribution < -0.4 is 11.1 Å². The molecule has 0 unspecified atom stereocenters. The molecule has 1 rings (SSSR count). The first-order valence-electron chi connectivity index (χ1n) is 5.86. The number of morpholine rings is 1. The molecule has 0 saturated carbocycles. The molecule has 7 heteroatoms. The zero-order valence-corrected chi connectivity index (χ0v) is 12.7. The summed E-state index contributed by atoms with van der Waals surface area (Å²) < 4.78 is 5.62. The van der Waals surface area contributed by atoms with E-state index in [1.165, 1.54) is 0 Å². The van der Waals surface area contributed by atoms with E-state index in [4.69, 9.17) is 10.5 Å². The Balaban J connectivity index is 0. The Morgan fingerprint density at radius 1 is 1.44 bits per heavy atom. The second kappa shape index (κ2) is 9.81. The van der Waals surface area contributed by atoms with Crippen LogP contribution in [-0.2, 0) is 9.53 Å². The van der Waals surface area contributed by atoms with Gasteiger partial charge in [0.1, 0.15) is 0 Å². The van der Waals surface area contributed by atoms with Gasteiger partial charge in [-0.25, -0.2) is 0 Å². The zero-order chi connectivity index (χ0) is 12.0. The molecule has 0 aromatic carbocycles. The molecule has 1 amide bonds. The average Bonchev–Trinajstić information content (AvgIpc) is 2.16. The van der Waals surface area contributed by atoms with Crippen LogP contribution in [0, 0.1) is 0 Å². The van der Waals surface area contributed by atoms with Crippen LogP contribution in [0.4, 0.5) is 0 Å². The van der Waals surface area contributed by atoms with Crippen molar-refractivity contribution in [2.24, 2.45) is 5.73 Å². The maximum Gasteiger partial charge on any atom is 0.221 e. The number of nitrogens with two attached hydrogens (primary N) is 1. The van der Waals surface area contributed by atoms with Crippen LogP contribution in [-0.4, -0.2) is 55.7 Å². The van der Waals surface area contributed by atoms with Gasteiger partial charge in [0.25, 0.3) is 0 Å². The number of hydrogen-bond acceptors (Lipinski definition) is 4. The molecule has 0 radical (unpaired) electrons. The number of rotatable bonds is 5. The number of ether oxygens (including phenoxy) is 1. The highest BCUT2D eigenvalue weighted by Crippen LogP contribution is 2.15. The Morgan fingerprint density at radius 3 is 2.67 bits per heavy atom. The van der Waals surface area contributed by atoms with Crippen LogP contribution in [0.1, 0.15) is 20.3 Å². The number of nitrogens with one attached hydrogen (secondary N) is 1. The molecule has 1 aliphatic rings. The van der Waals surface area contributed by atoms with Gasteiger partial charge in [-0.3, -0.25) is 9.69 Å². The fourth-order valence-electron chi connectivity index (χ4n) is 1.88. The van der Waals surface area contributed by atoms with Crippen molar-refractivity contribution < 1.29 is 9.53 Å². The van der Waals surface area contributed by atoms with Crippen molar-refractivity contribution in [2.75, 3.05) is 39.3 Å². The number of nitrogens with zero attached hydrogens (tertiary/aromatic N) is 1. The maximum atomic E-state index is 11.2. The predicted octanol–water partition coefficient (Wildman–Crippen LogP) is 0.406. The van der Waals surface area contributed by atoms with Gasteiger partial charge in [-0.15, -0.1) is 24.8 Å². The second-order valence-corrected chi connectivity index (χ2v) is 4.77. The fraction of sp³-hybridized carbons (Fsp3) is 0.909. The van der Waals surface area contributed by atoms with Crippen LogP contribution in [0.3, 0.4) is 0 Å². The SMILES string of the molecule is CC1(C)CN(CCNC(=O)CCN)CCO1.Cl.Cl. The van der Waals surface area contributed by atoms with Gasteiger partial charge in [-0.05, 0) is 13.8 Å². The summed E-state index contributed by atoms with van der Waals surface area (Å²) >= 11 is 0. The monoisotopic (exact) mass is 301 g/mol. The lowest BCUT2D eigenvalue weighted by Gasteiger charge is -2.38. The number of amides is 1. The van der Waals surface area contributed by atoms with Crippen molar-refractivity contribution in [1.29, 1.82) is 0 Å². The molecule has 1 aliphatic heterocycles. The molecule has 3 N–H and O–H groups in total. The Morgan fingerprint density at radius 2 is 2.11 bits per heavy atom. The quantitative estimate of drug-likeness (QED) is 0.772. The first-order valence-corrected chi connectivity index (χ1v) is 5.86. The van der Waals surface area contributed by atoms with E-state index in [1.54, 1.807) is 0 Å². The third-order valence-electron chi connectivity index (χ3n) is 2.63. The first-order chi connectivity index (χ1) is 7.53. The van der Waals surface area contributed by atoms with E-state index in [1.807, 2.05) is 0 Å². The van der Waals surface area contributed by atoms with Crippen molar-refractivity contribution in [3.05, 3.63) is 0 Å². The lowest BCUT2D eigenvalue weighted by Crippen LogP contribution is -2.50. The summed E-state index contributed by atoms with van der Waals surface area (Å²) in [5.41, 5.74) is 5.22. The molecule has 110 valence electrons. The van der Waals surface area contributed by atoms with E-state index >= 15 is 0 Å². The Bertz CT molecular complexity index is 240. The van der Waals surface area contributed by atoms with Crippen molar-refractivity contribution >= 4 is 30.7 Å². The summed E-state index contributed by atoms with van der Waals surface area (Å²) in [7, 11) is 0. The third kappa shape index (κ3) is 8.11. The van der Waals surface area contributed by atoms with Crippen LogP contribution in [0.2, 0.25) is 0 Å². The predicted molar refractivity (Wildman–Crippen MR) is 77.6 cm³/mol. The molecule has 18 heavy (non-hydrogen) atoms. The van der Waals surface area contributed by atoms with E-state index in [0.717, 1.165) is 26.2 Å². The van der Waals surface area contributed by atoms with E-state index < -0.39 is 0 Å². The molecule has 0 bridgehead atoms. The minimum atomic E-state index is -0.0699. The van der Waals surface area contributed by atoms with Gasteiger partial charge in [0.15, 0.2) is 0 Å². The first kappa shape index (κ1) is 20.3. The Kier molecular flexibility index (Phi) is 11.0. The van der Waals surface area contributed by atoms with Gasteiger partial charge in [-0.2, -0.15) is 0 Å². The van der Waals surface area contributed by atoms with Gasteiger partial charge in [0.05, 0.1) is 12.2 Å². The van der Waals surface area contributed by atoms with Gasteiger partial charge in [0.2, 0.25) is 5.91 Å². The molecule has 0 aromatic heterocycles. The average molecular weight is 302 g/mol. The van der Waals surface area contributed by atoms with Crippen LogP contribution in [0.5, 0.6) is 0 Å². The van der Waals surface area contributed by atoms with Crippen molar-refractivity contribution in [3.8, 4) is 0 Å². The second-order valence-electron chi connectivity index (χ2n) is 4.77. The minimum absolute atomic E-state index is 0. The zero-order valence-electron chi connectivity index (χ0n) is 11.1. The van der Waals surface area contributed by atoms with E-state index in [2.05, 4.69) is 24.1 Å². The van der Waals surface area contributed by atoms with Gasteiger partial charge in [-0.1, -0.05) is 0 Å². The van der Waals surface area contributed by atoms with Gasteiger partial charge < -0.3 is 15.8 Å². The van der Waals surface area contributed by atoms with Crippen LogP contribution in [0.25, 0.3) is 0 Å². The summed E-state index contributed by atoms with van der Waals surface area (Å²) in [4.78, 5) is 13.5. The third-order valence-corrected chi connectivity index (χ3v) is 2.63. The summed E-state index contributed by atoms with van der Waals surface area (Å²) in [6, 6.07) is 0. The molecule has 1 fully saturated rings. The molecular weight excluding hydrogens is 277 g/mol. The van der Waals surface area contributed by atoms with Crippen molar-refractivity contribution in [2.45, 2.75) is 25.9 Å². The molecule has 1 saturated heterocycles. The van der Waals surface area contributed by atoms with Crippen molar-refractivity contribution in [1.82, 2.24) is 10.2 Å². The topological polar surface area (TPSA) is 67.6 Å². The molecular formula is C11H25Cl2N3O2. The van der Waals surface area contributed by atoms with E-state index in [0.29, 0.717) is 19.5 Å². The highest BCUT2D eigenvalue weighted by Gasteiger charge is 2.26. The van der Waals surface area contributed by atoms with Crippen molar-refractivity contribution in [3.63, 3.8) is 0 Å². The lowest BCUT2D eigenvalue weighted by atomic mass is 10.1. The number of halogens is 2. The molecule has 0 atom stereocenters. The Labute approximate surface area is 122 Å². The molecule has 1 heterocycles. The molecule has 0 spiro atoms. The van der Waals surface area contributed by atoms with Crippen LogP contribution >= 0.6 is 24.8 Å². The highest BCUT2D eigenvalue weighted by atomic mass is 35.5.